The number of guanidine groups is 1. The summed E-state index contributed by atoms with van der Waals surface area (Å²) in [5.74, 6) is 0.989. The van der Waals surface area contributed by atoms with E-state index in [2.05, 4.69) is 32.7 Å². The summed E-state index contributed by atoms with van der Waals surface area (Å²) in [6.07, 6.45) is 4.40. The molecule has 3 rings (SSSR count). The van der Waals surface area contributed by atoms with Crippen LogP contribution in [0.15, 0.2) is 35.3 Å². The number of carbonyl (C=O) groups excluding carboxylic acids is 2. The lowest BCUT2D eigenvalue weighted by atomic mass is 9.84. The van der Waals surface area contributed by atoms with Crippen LogP contribution in [-0.2, 0) is 9.59 Å². The maximum absolute atomic E-state index is 12.7. The highest BCUT2D eigenvalue weighted by Gasteiger charge is 2.42. The van der Waals surface area contributed by atoms with Gasteiger partial charge in [0.2, 0.25) is 11.8 Å². The molecule has 1 aliphatic heterocycles. The van der Waals surface area contributed by atoms with Crippen molar-refractivity contribution < 1.29 is 9.59 Å². The summed E-state index contributed by atoms with van der Waals surface area (Å²) in [7, 11) is 5.36. The number of nitrogens with one attached hydrogen (secondary N) is 2. The normalized spacial score (nSPS) is 17.8. The molecule has 0 aromatic heterocycles. The van der Waals surface area contributed by atoms with Crippen LogP contribution in [0, 0.1) is 5.41 Å². The molecule has 0 unspecified atom stereocenters. The number of benzene rings is 1. The van der Waals surface area contributed by atoms with E-state index in [1.54, 1.807) is 11.9 Å². The lowest BCUT2D eigenvalue weighted by Gasteiger charge is -2.36. The molecule has 0 radical (unpaired) electrons. The van der Waals surface area contributed by atoms with Gasteiger partial charge in [-0.05, 0) is 25.0 Å². The molecule has 1 saturated heterocycles. The number of carbonyl (C=O) groups is 2. The van der Waals surface area contributed by atoms with Gasteiger partial charge >= 0.3 is 0 Å². The lowest BCUT2D eigenvalue weighted by molar-refractivity contribution is -0.138. The number of anilines is 1. The van der Waals surface area contributed by atoms with Gasteiger partial charge < -0.3 is 25.3 Å². The Morgan fingerprint density at radius 3 is 2.24 bits per heavy atom. The van der Waals surface area contributed by atoms with Crippen molar-refractivity contribution in [3.63, 3.8) is 0 Å². The first-order valence-corrected chi connectivity index (χ1v) is 11.7. The Labute approximate surface area is 215 Å². The zero-order chi connectivity index (χ0) is 23.0. The van der Waals surface area contributed by atoms with Crippen LogP contribution in [0.4, 0.5) is 5.69 Å². The van der Waals surface area contributed by atoms with Gasteiger partial charge in [-0.25, -0.2) is 0 Å². The van der Waals surface area contributed by atoms with E-state index in [1.807, 2.05) is 37.2 Å². The van der Waals surface area contributed by atoms with Crippen LogP contribution < -0.4 is 15.5 Å². The Bertz CT molecular complexity index is 787. The van der Waals surface area contributed by atoms with E-state index in [0.717, 1.165) is 51.9 Å². The first-order chi connectivity index (χ1) is 15.4. The molecule has 1 aromatic carbocycles. The van der Waals surface area contributed by atoms with E-state index < -0.39 is 0 Å². The number of amides is 2. The summed E-state index contributed by atoms with van der Waals surface area (Å²) < 4.78 is 0. The summed E-state index contributed by atoms with van der Waals surface area (Å²) in [5, 5.41) is 6.56. The second-order valence-electron chi connectivity index (χ2n) is 8.99. The van der Waals surface area contributed by atoms with Gasteiger partial charge in [-0.1, -0.05) is 31.0 Å². The third-order valence-electron chi connectivity index (χ3n) is 6.62. The molecule has 33 heavy (non-hydrogen) atoms. The van der Waals surface area contributed by atoms with E-state index in [9.17, 15) is 9.59 Å². The molecular formula is C24H39IN6O2. The molecule has 2 fully saturated rings. The fourth-order valence-corrected chi connectivity index (χ4v) is 4.76. The molecule has 0 bridgehead atoms. The van der Waals surface area contributed by atoms with E-state index in [0.29, 0.717) is 25.5 Å². The van der Waals surface area contributed by atoms with E-state index in [4.69, 9.17) is 0 Å². The highest BCUT2D eigenvalue weighted by atomic mass is 127. The second kappa shape index (κ2) is 13.0. The van der Waals surface area contributed by atoms with Gasteiger partial charge in [-0.15, -0.1) is 24.0 Å². The fraction of sp³-hybridized carbons (Fsp3) is 0.625. The Morgan fingerprint density at radius 1 is 1.03 bits per heavy atom. The van der Waals surface area contributed by atoms with Gasteiger partial charge in [0.25, 0.3) is 0 Å². The van der Waals surface area contributed by atoms with Crippen molar-refractivity contribution in [2.75, 3.05) is 65.3 Å². The number of piperazine rings is 1. The van der Waals surface area contributed by atoms with Gasteiger partial charge in [0.15, 0.2) is 5.96 Å². The fourth-order valence-electron chi connectivity index (χ4n) is 4.76. The van der Waals surface area contributed by atoms with Crippen molar-refractivity contribution in [2.24, 2.45) is 10.4 Å². The zero-order valence-corrected chi connectivity index (χ0v) is 22.5. The largest absolute Gasteiger partial charge is 0.368 e. The van der Waals surface area contributed by atoms with Gasteiger partial charge in [0.05, 0.1) is 5.41 Å². The molecule has 1 aromatic rings. The standard InChI is InChI=1S/C24H38N6O2.HI/c1-25-23(27-19-24(12-7-8-13-24)22(32)28(2)3)26-14-11-21(31)30-17-15-29(16-18-30)20-9-5-4-6-10-20;/h4-6,9-10H,7-8,11-19H2,1-3H3,(H2,25,26,27);1H. The summed E-state index contributed by atoms with van der Waals surface area (Å²) in [6.45, 7) is 4.29. The molecule has 1 aliphatic carbocycles. The van der Waals surface area contributed by atoms with Crippen LogP contribution in [0.25, 0.3) is 0 Å². The SMILES string of the molecule is CN=C(NCCC(=O)N1CCN(c2ccccc2)CC1)NCC1(C(=O)N(C)C)CCCC1.I. The van der Waals surface area contributed by atoms with Crippen molar-refractivity contribution in [3.8, 4) is 0 Å². The number of hydrogen-bond donors (Lipinski definition) is 2. The maximum Gasteiger partial charge on any atom is 0.230 e. The van der Waals surface area contributed by atoms with Crippen LogP contribution >= 0.6 is 24.0 Å². The van der Waals surface area contributed by atoms with Crippen molar-refractivity contribution in [1.82, 2.24) is 20.4 Å². The predicted molar refractivity (Wildman–Crippen MR) is 144 cm³/mol. The van der Waals surface area contributed by atoms with Gasteiger partial charge in [0.1, 0.15) is 0 Å². The van der Waals surface area contributed by atoms with Gasteiger partial charge in [0, 0.05) is 72.5 Å². The maximum atomic E-state index is 12.7. The van der Waals surface area contributed by atoms with Crippen molar-refractivity contribution >= 4 is 47.4 Å². The molecule has 184 valence electrons. The van der Waals surface area contributed by atoms with E-state index in [-0.39, 0.29) is 41.2 Å². The van der Waals surface area contributed by atoms with Gasteiger partial charge in [-0.2, -0.15) is 0 Å². The lowest BCUT2D eigenvalue weighted by Crippen LogP contribution is -2.50. The molecule has 9 heteroatoms. The summed E-state index contributed by atoms with van der Waals surface area (Å²) >= 11 is 0. The Balaban J connectivity index is 0.00000385. The number of halogens is 1. The third-order valence-corrected chi connectivity index (χ3v) is 6.62. The molecule has 0 spiro atoms. The molecule has 0 atom stereocenters. The number of para-hydroxylation sites is 1. The van der Waals surface area contributed by atoms with Crippen molar-refractivity contribution in [2.45, 2.75) is 32.1 Å². The van der Waals surface area contributed by atoms with Crippen molar-refractivity contribution in [1.29, 1.82) is 0 Å². The average Bonchev–Trinajstić information content (AvgIpc) is 3.31. The molecule has 2 amide bonds. The minimum atomic E-state index is -0.352. The Kier molecular flexibility index (Phi) is 10.7. The van der Waals surface area contributed by atoms with Crippen LogP contribution in [0.1, 0.15) is 32.1 Å². The van der Waals surface area contributed by atoms with Crippen LogP contribution in [0.5, 0.6) is 0 Å². The molecule has 8 nitrogen and oxygen atoms in total. The minimum Gasteiger partial charge on any atom is -0.368 e. The topological polar surface area (TPSA) is 80.3 Å². The summed E-state index contributed by atoms with van der Waals surface area (Å²) in [6, 6.07) is 10.3. The quantitative estimate of drug-likeness (QED) is 0.299. The highest BCUT2D eigenvalue weighted by Crippen LogP contribution is 2.38. The predicted octanol–water partition coefficient (Wildman–Crippen LogP) is 2.16. The molecule has 2 N–H and O–H groups in total. The van der Waals surface area contributed by atoms with Crippen LogP contribution in [0.3, 0.4) is 0 Å². The minimum absolute atomic E-state index is 0. The number of rotatable bonds is 7. The number of hydrogen-bond acceptors (Lipinski definition) is 4. The number of nitrogens with zero attached hydrogens (tertiary/aromatic N) is 4. The van der Waals surface area contributed by atoms with E-state index in [1.165, 1.54) is 5.69 Å². The Hall–Kier alpha value is -2.04. The second-order valence-corrected chi connectivity index (χ2v) is 8.99. The summed E-state index contributed by atoms with van der Waals surface area (Å²) in [4.78, 5) is 35.6. The first-order valence-electron chi connectivity index (χ1n) is 11.7. The molecule has 1 saturated carbocycles. The average molecular weight is 571 g/mol. The molecule has 1 heterocycles. The van der Waals surface area contributed by atoms with Gasteiger partial charge in [-0.3, -0.25) is 14.6 Å². The molecular weight excluding hydrogens is 531 g/mol. The number of aliphatic imine (C=N–C) groups is 1. The van der Waals surface area contributed by atoms with Crippen LogP contribution in [0.2, 0.25) is 0 Å². The monoisotopic (exact) mass is 570 g/mol. The van der Waals surface area contributed by atoms with Crippen molar-refractivity contribution in [3.05, 3.63) is 30.3 Å². The van der Waals surface area contributed by atoms with E-state index >= 15 is 0 Å². The van der Waals surface area contributed by atoms with Crippen LogP contribution in [-0.4, -0.2) is 88.0 Å². The molecule has 2 aliphatic rings. The smallest absolute Gasteiger partial charge is 0.230 e. The summed E-state index contributed by atoms with van der Waals surface area (Å²) in [5.41, 5.74) is 0.860. The highest BCUT2D eigenvalue weighted by molar-refractivity contribution is 14.0. The first kappa shape index (κ1) is 27.2. The third kappa shape index (κ3) is 7.22. The zero-order valence-electron chi connectivity index (χ0n) is 20.2. The Morgan fingerprint density at radius 2 is 1.67 bits per heavy atom.